The van der Waals surface area contributed by atoms with Crippen LogP contribution in [0.2, 0.25) is 0 Å². The van der Waals surface area contributed by atoms with Gasteiger partial charge in [-0.05, 0) is 31.5 Å². The van der Waals surface area contributed by atoms with E-state index in [0.717, 1.165) is 40.2 Å². The fourth-order valence-corrected chi connectivity index (χ4v) is 4.21. The van der Waals surface area contributed by atoms with Crippen molar-refractivity contribution < 1.29 is 13.9 Å². The Hall–Kier alpha value is -2.58. The molecule has 0 bridgehead atoms. The number of nitrogens with zero attached hydrogens (tertiary/aromatic N) is 4. The second kappa shape index (κ2) is 9.28. The summed E-state index contributed by atoms with van der Waals surface area (Å²) in [6.07, 6.45) is 3.00. The first-order chi connectivity index (χ1) is 14.2. The molecule has 3 aromatic rings. The minimum Gasteiger partial charge on any atom is -0.469 e. The second-order valence-corrected chi connectivity index (χ2v) is 7.87. The molecule has 1 amide bonds. The van der Waals surface area contributed by atoms with Crippen molar-refractivity contribution in [1.29, 1.82) is 0 Å². The highest BCUT2D eigenvalue weighted by molar-refractivity contribution is 7.99. The van der Waals surface area contributed by atoms with E-state index in [1.807, 2.05) is 52.8 Å². The average molecular weight is 413 g/mol. The number of carbonyl (C=O) groups is 1. The van der Waals surface area contributed by atoms with E-state index in [0.29, 0.717) is 32.7 Å². The van der Waals surface area contributed by atoms with E-state index in [2.05, 4.69) is 10.2 Å². The lowest BCUT2D eigenvalue weighted by molar-refractivity contribution is -0.135. The van der Waals surface area contributed by atoms with E-state index in [-0.39, 0.29) is 5.91 Å². The molecule has 1 saturated heterocycles. The number of aromatic nitrogens is 3. The van der Waals surface area contributed by atoms with Gasteiger partial charge < -0.3 is 14.1 Å². The van der Waals surface area contributed by atoms with Gasteiger partial charge in [-0.2, -0.15) is 0 Å². The van der Waals surface area contributed by atoms with Crippen LogP contribution >= 0.6 is 11.8 Å². The van der Waals surface area contributed by atoms with Crippen LogP contribution in [-0.4, -0.2) is 57.6 Å². The van der Waals surface area contributed by atoms with Crippen molar-refractivity contribution in [2.45, 2.75) is 24.9 Å². The zero-order valence-electron chi connectivity index (χ0n) is 16.4. The van der Waals surface area contributed by atoms with Crippen LogP contribution in [0, 0.1) is 6.92 Å². The second-order valence-electron chi connectivity index (χ2n) is 6.81. The highest BCUT2D eigenvalue weighted by Gasteiger charge is 2.20. The van der Waals surface area contributed by atoms with Crippen molar-refractivity contribution in [3.63, 3.8) is 0 Å². The standard InChI is InChI=1S/C21H24N4O3S/c1-16-18(9-12-28-16)20-22-23-21(25(20)17-6-3-2-4-7-17)29-15-5-8-19(26)24-10-13-27-14-11-24/h2-4,6-7,9,12H,5,8,10-11,13-15H2,1H3. The largest absolute Gasteiger partial charge is 0.469 e. The molecule has 0 radical (unpaired) electrons. The lowest BCUT2D eigenvalue weighted by Crippen LogP contribution is -2.40. The topological polar surface area (TPSA) is 73.4 Å². The van der Waals surface area contributed by atoms with Gasteiger partial charge in [-0.3, -0.25) is 9.36 Å². The van der Waals surface area contributed by atoms with E-state index in [1.165, 1.54) is 0 Å². The van der Waals surface area contributed by atoms with E-state index in [1.54, 1.807) is 18.0 Å². The Morgan fingerprint density at radius 1 is 1.14 bits per heavy atom. The van der Waals surface area contributed by atoms with Crippen LogP contribution < -0.4 is 0 Å². The number of rotatable bonds is 7. The van der Waals surface area contributed by atoms with Gasteiger partial charge in [-0.25, -0.2) is 0 Å². The zero-order valence-corrected chi connectivity index (χ0v) is 17.2. The van der Waals surface area contributed by atoms with E-state index < -0.39 is 0 Å². The summed E-state index contributed by atoms with van der Waals surface area (Å²) in [7, 11) is 0. The number of aryl methyl sites for hydroxylation is 1. The first-order valence-corrected chi connectivity index (χ1v) is 10.8. The van der Waals surface area contributed by atoms with E-state index in [4.69, 9.17) is 9.15 Å². The Balaban J connectivity index is 1.45. The third-order valence-corrected chi connectivity index (χ3v) is 5.89. The maximum Gasteiger partial charge on any atom is 0.222 e. The minimum absolute atomic E-state index is 0.202. The van der Waals surface area contributed by atoms with Gasteiger partial charge in [0.2, 0.25) is 5.91 Å². The normalized spacial score (nSPS) is 14.3. The maximum atomic E-state index is 12.3. The molecule has 0 saturated carbocycles. The molecule has 29 heavy (non-hydrogen) atoms. The smallest absolute Gasteiger partial charge is 0.222 e. The van der Waals surface area contributed by atoms with Crippen LogP contribution in [0.15, 0.2) is 52.2 Å². The first kappa shape index (κ1) is 19.7. The molecule has 8 heteroatoms. The van der Waals surface area contributed by atoms with Gasteiger partial charge in [-0.15, -0.1) is 10.2 Å². The minimum atomic E-state index is 0.202. The molecule has 1 aromatic carbocycles. The summed E-state index contributed by atoms with van der Waals surface area (Å²) in [5, 5.41) is 9.66. The molecule has 0 N–H and O–H groups in total. The molecule has 152 valence electrons. The number of para-hydroxylation sites is 1. The van der Waals surface area contributed by atoms with Gasteiger partial charge in [-0.1, -0.05) is 30.0 Å². The molecule has 0 spiro atoms. The van der Waals surface area contributed by atoms with Crippen molar-refractivity contribution in [1.82, 2.24) is 19.7 Å². The number of hydrogen-bond donors (Lipinski definition) is 0. The molecular weight excluding hydrogens is 388 g/mol. The van der Waals surface area contributed by atoms with Crippen molar-refractivity contribution in [2.75, 3.05) is 32.1 Å². The molecule has 0 atom stereocenters. The highest BCUT2D eigenvalue weighted by atomic mass is 32.2. The molecule has 0 unspecified atom stereocenters. The fourth-order valence-electron chi connectivity index (χ4n) is 3.32. The van der Waals surface area contributed by atoms with Crippen LogP contribution in [-0.2, 0) is 9.53 Å². The predicted molar refractivity (Wildman–Crippen MR) is 111 cm³/mol. The number of benzene rings is 1. The van der Waals surface area contributed by atoms with Crippen LogP contribution in [0.5, 0.6) is 0 Å². The Bertz CT molecular complexity index is 948. The summed E-state index contributed by atoms with van der Waals surface area (Å²) in [6, 6.07) is 12.0. The molecule has 4 rings (SSSR count). The van der Waals surface area contributed by atoms with Crippen molar-refractivity contribution >= 4 is 17.7 Å². The molecule has 1 aliphatic rings. The highest BCUT2D eigenvalue weighted by Crippen LogP contribution is 2.30. The Kier molecular flexibility index (Phi) is 6.31. The van der Waals surface area contributed by atoms with Crippen LogP contribution in [0.25, 0.3) is 17.1 Å². The van der Waals surface area contributed by atoms with Gasteiger partial charge in [0.05, 0.1) is 25.0 Å². The van der Waals surface area contributed by atoms with Gasteiger partial charge in [0.1, 0.15) is 5.76 Å². The van der Waals surface area contributed by atoms with Crippen molar-refractivity contribution in [3.05, 3.63) is 48.4 Å². The Labute approximate surface area is 174 Å². The van der Waals surface area contributed by atoms with Crippen molar-refractivity contribution in [3.8, 4) is 17.1 Å². The molecule has 3 heterocycles. The number of morpholine rings is 1. The summed E-state index contributed by atoms with van der Waals surface area (Å²) < 4.78 is 12.8. The summed E-state index contributed by atoms with van der Waals surface area (Å²) in [5.41, 5.74) is 1.93. The maximum absolute atomic E-state index is 12.3. The molecule has 2 aromatic heterocycles. The van der Waals surface area contributed by atoms with Gasteiger partial charge in [0.25, 0.3) is 0 Å². The molecule has 1 aliphatic heterocycles. The monoisotopic (exact) mass is 412 g/mol. The third kappa shape index (κ3) is 4.54. The number of hydrogen-bond acceptors (Lipinski definition) is 6. The molecule has 7 nitrogen and oxygen atoms in total. The number of amides is 1. The summed E-state index contributed by atoms with van der Waals surface area (Å²) in [4.78, 5) is 14.2. The Morgan fingerprint density at radius 2 is 1.93 bits per heavy atom. The average Bonchev–Trinajstić information content (AvgIpc) is 3.38. The summed E-state index contributed by atoms with van der Waals surface area (Å²) in [6.45, 7) is 4.58. The van der Waals surface area contributed by atoms with Crippen molar-refractivity contribution in [2.24, 2.45) is 0 Å². The SMILES string of the molecule is Cc1occc1-c1nnc(SCCCC(=O)N2CCOCC2)n1-c1ccccc1. The van der Waals surface area contributed by atoms with Gasteiger partial charge in [0, 0.05) is 31.0 Å². The number of ether oxygens (including phenoxy) is 1. The lowest BCUT2D eigenvalue weighted by Gasteiger charge is -2.26. The van der Waals surface area contributed by atoms with Crippen LogP contribution in [0.3, 0.4) is 0 Å². The first-order valence-electron chi connectivity index (χ1n) is 9.77. The fraction of sp³-hybridized carbons (Fsp3) is 0.381. The lowest BCUT2D eigenvalue weighted by atomic mass is 10.2. The number of thioether (sulfide) groups is 1. The third-order valence-electron chi connectivity index (χ3n) is 4.88. The summed E-state index contributed by atoms with van der Waals surface area (Å²) >= 11 is 1.62. The predicted octanol–water partition coefficient (Wildman–Crippen LogP) is 3.57. The summed E-state index contributed by atoms with van der Waals surface area (Å²) in [5.74, 6) is 2.57. The quantitative estimate of drug-likeness (QED) is 0.436. The Morgan fingerprint density at radius 3 is 2.66 bits per heavy atom. The van der Waals surface area contributed by atoms with Gasteiger partial charge in [0.15, 0.2) is 11.0 Å². The number of carbonyl (C=O) groups excluding carboxylic acids is 1. The van der Waals surface area contributed by atoms with E-state index >= 15 is 0 Å². The molecular formula is C21H24N4O3S. The number of furan rings is 1. The van der Waals surface area contributed by atoms with E-state index in [9.17, 15) is 4.79 Å². The molecule has 0 aliphatic carbocycles. The van der Waals surface area contributed by atoms with Gasteiger partial charge >= 0.3 is 0 Å². The molecule has 1 fully saturated rings. The van der Waals surface area contributed by atoms with Crippen LogP contribution in [0.4, 0.5) is 0 Å². The van der Waals surface area contributed by atoms with Crippen LogP contribution in [0.1, 0.15) is 18.6 Å². The zero-order chi connectivity index (χ0) is 20.1.